The SMILES string of the molecule is CC(=O)c1ccc(-c2ccc(C(=O)NCc3ccccc3S(=O)(=O)N(C)C)o2)cc1. The molecule has 30 heavy (non-hydrogen) atoms. The molecule has 0 atom stereocenters. The average Bonchev–Trinajstić information content (AvgIpc) is 3.22. The van der Waals surface area contributed by atoms with Crippen molar-refractivity contribution in [1.82, 2.24) is 9.62 Å². The van der Waals surface area contributed by atoms with Gasteiger partial charge in [0.15, 0.2) is 11.5 Å². The molecule has 1 amide bonds. The number of nitrogens with one attached hydrogen (secondary N) is 1. The summed E-state index contributed by atoms with van der Waals surface area (Å²) in [6.45, 7) is 1.53. The van der Waals surface area contributed by atoms with Crippen molar-refractivity contribution in [3.8, 4) is 11.3 Å². The Morgan fingerprint density at radius 1 is 0.967 bits per heavy atom. The Morgan fingerprint density at radius 3 is 2.27 bits per heavy atom. The van der Waals surface area contributed by atoms with Crippen LogP contribution in [0.15, 0.2) is 70.0 Å². The van der Waals surface area contributed by atoms with E-state index in [1.807, 2.05) is 0 Å². The summed E-state index contributed by atoms with van der Waals surface area (Å²) in [5, 5.41) is 2.70. The number of ketones is 1. The maximum absolute atomic E-state index is 12.5. The predicted molar refractivity (Wildman–Crippen MR) is 113 cm³/mol. The molecule has 0 aliphatic heterocycles. The Bertz CT molecular complexity index is 1180. The Labute approximate surface area is 175 Å². The predicted octanol–water partition coefficient (Wildman–Crippen LogP) is 3.33. The van der Waals surface area contributed by atoms with Crippen LogP contribution in [0.2, 0.25) is 0 Å². The van der Waals surface area contributed by atoms with Crippen LogP contribution in [-0.2, 0) is 16.6 Å². The van der Waals surface area contributed by atoms with Crippen LogP contribution in [0, 0.1) is 0 Å². The number of amides is 1. The summed E-state index contributed by atoms with van der Waals surface area (Å²) in [5.41, 5.74) is 1.81. The van der Waals surface area contributed by atoms with Crippen molar-refractivity contribution >= 4 is 21.7 Å². The number of hydrogen-bond donors (Lipinski definition) is 1. The van der Waals surface area contributed by atoms with Gasteiger partial charge in [0.05, 0.1) is 4.90 Å². The quantitative estimate of drug-likeness (QED) is 0.585. The van der Waals surface area contributed by atoms with E-state index in [0.29, 0.717) is 16.9 Å². The number of hydrogen-bond acceptors (Lipinski definition) is 5. The van der Waals surface area contributed by atoms with Crippen LogP contribution < -0.4 is 5.32 Å². The van der Waals surface area contributed by atoms with E-state index in [-0.39, 0.29) is 23.0 Å². The van der Waals surface area contributed by atoms with Crippen LogP contribution in [0.25, 0.3) is 11.3 Å². The van der Waals surface area contributed by atoms with E-state index in [4.69, 9.17) is 4.42 Å². The Kier molecular flexibility index (Phi) is 6.19. The van der Waals surface area contributed by atoms with Crippen molar-refractivity contribution in [2.45, 2.75) is 18.4 Å². The van der Waals surface area contributed by atoms with Gasteiger partial charge in [-0.2, -0.15) is 0 Å². The Hall–Kier alpha value is -3.23. The minimum absolute atomic E-state index is 0.0300. The average molecular weight is 426 g/mol. The molecule has 0 fully saturated rings. The zero-order valence-corrected chi connectivity index (χ0v) is 17.7. The smallest absolute Gasteiger partial charge is 0.287 e. The van der Waals surface area contributed by atoms with E-state index in [0.717, 1.165) is 9.87 Å². The second-order valence-electron chi connectivity index (χ2n) is 6.88. The fourth-order valence-corrected chi connectivity index (χ4v) is 3.96. The first-order valence-corrected chi connectivity index (χ1v) is 10.6. The number of carbonyl (C=O) groups is 2. The van der Waals surface area contributed by atoms with Gasteiger partial charge in [-0.3, -0.25) is 9.59 Å². The summed E-state index contributed by atoms with van der Waals surface area (Å²) in [5.74, 6) is 0.107. The molecule has 0 aliphatic rings. The lowest BCUT2D eigenvalue weighted by Gasteiger charge is -2.15. The summed E-state index contributed by atoms with van der Waals surface area (Å²) in [4.78, 5) is 24.0. The highest BCUT2D eigenvalue weighted by Crippen LogP contribution is 2.23. The largest absolute Gasteiger partial charge is 0.451 e. The highest BCUT2D eigenvalue weighted by Gasteiger charge is 2.21. The monoisotopic (exact) mass is 426 g/mol. The van der Waals surface area contributed by atoms with Crippen LogP contribution in [0.1, 0.15) is 33.4 Å². The first-order valence-electron chi connectivity index (χ1n) is 9.20. The molecule has 0 radical (unpaired) electrons. The highest BCUT2D eigenvalue weighted by molar-refractivity contribution is 7.89. The van der Waals surface area contributed by atoms with E-state index in [1.165, 1.54) is 27.1 Å². The van der Waals surface area contributed by atoms with Gasteiger partial charge in [-0.15, -0.1) is 0 Å². The van der Waals surface area contributed by atoms with Crippen molar-refractivity contribution < 1.29 is 22.4 Å². The van der Waals surface area contributed by atoms with Crippen LogP contribution in [-0.4, -0.2) is 38.5 Å². The molecule has 0 aliphatic carbocycles. The number of sulfonamides is 1. The molecule has 0 unspecified atom stereocenters. The van der Waals surface area contributed by atoms with Crippen molar-refractivity contribution in [1.29, 1.82) is 0 Å². The van der Waals surface area contributed by atoms with Crippen molar-refractivity contribution in [2.24, 2.45) is 0 Å². The van der Waals surface area contributed by atoms with Crippen LogP contribution in [0.3, 0.4) is 0 Å². The maximum atomic E-state index is 12.5. The van der Waals surface area contributed by atoms with Gasteiger partial charge in [0, 0.05) is 31.8 Å². The molecule has 1 N–H and O–H groups in total. The topological polar surface area (TPSA) is 96.7 Å². The molecule has 0 spiro atoms. The summed E-state index contributed by atoms with van der Waals surface area (Å²) >= 11 is 0. The third kappa shape index (κ3) is 4.50. The number of Topliss-reactive ketones (excluding diaryl/α,β-unsaturated/α-hetero) is 1. The lowest BCUT2D eigenvalue weighted by molar-refractivity contribution is 0.0923. The van der Waals surface area contributed by atoms with Gasteiger partial charge in [-0.25, -0.2) is 12.7 Å². The number of carbonyl (C=O) groups excluding carboxylic acids is 2. The third-order valence-electron chi connectivity index (χ3n) is 4.58. The maximum Gasteiger partial charge on any atom is 0.287 e. The Morgan fingerprint density at radius 2 is 1.63 bits per heavy atom. The Balaban J connectivity index is 1.74. The molecule has 8 heteroatoms. The first kappa shape index (κ1) is 21.5. The molecule has 0 saturated carbocycles. The van der Waals surface area contributed by atoms with Crippen molar-refractivity contribution in [3.63, 3.8) is 0 Å². The summed E-state index contributed by atoms with van der Waals surface area (Å²) < 4.78 is 31.7. The minimum Gasteiger partial charge on any atom is -0.451 e. The fourth-order valence-electron chi connectivity index (χ4n) is 2.85. The normalized spacial score (nSPS) is 11.5. The molecular weight excluding hydrogens is 404 g/mol. The number of benzene rings is 2. The van der Waals surface area contributed by atoms with Gasteiger partial charge in [0.25, 0.3) is 5.91 Å². The van der Waals surface area contributed by atoms with Crippen LogP contribution >= 0.6 is 0 Å². The van der Waals surface area contributed by atoms with Crippen LogP contribution in [0.5, 0.6) is 0 Å². The lowest BCUT2D eigenvalue weighted by Crippen LogP contribution is -2.26. The number of furan rings is 1. The molecule has 1 heterocycles. The standard InChI is InChI=1S/C22H22N2O5S/c1-15(25)16-8-10-17(11-9-16)19-12-13-20(29-19)22(26)23-14-18-6-4-5-7-21(18)30(27,28)24(2)3/h4-13H,14H2,1-3H3,(H,23,26). The highest BCUT2D eigenvalue weighted by atomic mass is 32.2. The molecule has 0 saturated heterocycles. The molecule has 2 aromatic carbocycles. The van der Waals surface area contributed by atoms with Gasteiger partial charge in [0.2, 0.25) is 10.0 Å². The van der Waals surface area contributed by atoms with Gasteiger partial charge in [-0.05, 0) is 30.7 Å². The van der Waals surface area contributed by atoms with E-state index in [9.17, 15) is 18.0 Å². The van der Waals surface area contributed by atoms with Crippen LogP contribution in [0.4, 0.5) is 0 Å². The summed E-state index contributed by atoms with van der Waals surface area (Å²) in [6, 6.07) is 16.6. The molecule has 1 aromatic heterocycles. The fraction of sp³-hybridized carbons (Fsp3) is 0.182. The molecule has 3 aromatic rings. The van der Waals surface area contributed by atoms with Gasteiger partial charge < -0.3 is 9.73 Å². The molecule has 0 bridgehead atoms. The zero-order chi connectivity index (χ0) is 21.9. The summed E-state index contributed by atoms with van der Waals surface area (Å²) in [6.07, 6.45) is 0. The zero-order valence-electron chi connectivity index (χ0n) is 16.9. The van der Waals surface area contributed by atoms with Gasteiger partial charge in [0.1, 0.15) is 5.76 Å². The van der Waals surface area contributed by atoms with Crippen molar-refractivity contribution in [2.75, 3.05) is 14.1 Å². The molecular formula is C22H22N2O5S. The minimum atomic E-state index is -3.63. The molecule has 3 rings (SSSR count). The van der Waals surface area contributed by atoms with E-state index in [2.05, 4.69) is 5.32 Å². The number of rotatable bonds is 7. The molecule has 156 valence electrons. The van der Waals surface area contributed by atoms with Crippen molar-refractivity contribution in [3.05, 3.63) is 77.6 Å². The number of nitrogens with zero attached hydrogens (tertiary/aromatic N) is 1. The first-order chi connectivity index (χ1) is 14.2. The van der Waals surface area contributed by atoms with E-state index in [1.54, 1.807) is 54.6 Å². The van der Waals surface area contributed by atoms with E-state index >= 15 is 0 Å². The van der Waals surface area contributed by atoms with Gasteiger partial charge >= 0.3 is 0 Å². The lowest BCUT2D eigenvalue weighted by atomic mass is 10.1. The summed E-state index contributed by atoms with van der Waals surface area (Å²) in [7, 11) is -0.714. The molecule has 7 nitrogen and oxygen atoms in total. The third-order valence-corrected chi connectivity index (χ3v) is 6.49. The van der Waals surface area contributed by atoms with E-state index < -0.39 is 15.9 Å². The van der Waals surface area contributed by atoms with Gasteiger partial charge in [-0.1, -0.05) is 42.5 Å². The second-order valence-corrected chi connectivity index (χ2v) is 9.00. The second kappa shape index (κ2) is 8.64.